The highest BCUT2D eigenvalue weighted by molar-refractivity contribution is 5.93. The molecule has 3 nitrogen and oxygen atoms in total. The van der Waals surface area contributed by atoms with Crippen molar-refractivity contribution in [2.45, 2.75) is 20.4 Å². The third kappa shape index (κ3) is 1.98. The standard InChI is InChI=1S/C19H17N3/c1-3-22-11-10-15(14-9-8-13(2)12-18(14)22)19-20-16-6-4-5-7-17(16)21-19/h4-12H,3H2,1-2H3/p+1. The van der Waals surface area contributed by atoms with E-state index in [0.717, 1.165) is 29.0 Å². The fourth-order valence-electron chi connectivity index (χ4n) is 3.00. The number of para-hydroxylation sites is 2. The molecule has 0 atom stereocenters. The highest BCUT2D eigenvalue weighted by Gasteiger charge is 2.15. The number of aromatic nitrogens is 3. The summed E-state index contributed by atoms with van der Waals surface area (Å²) in [7, 11) is 0. The van der Waals surface area contributed by atoms with Crippen LogP contribution in [0.25, 0.3) is 33.3 Å². The molecule has 0 radical (unpaired) electrons. The molecular weight excluding hydrogens is 270 g/mol. The van der Waals surface area contributed by atoms with Crippen molar-refractivity contribution >= 4 is 21.9 Å². The first-order valence-corrected chi connectivity index (χ1v) is 7.64. The number of aryl methyl sites for hydroxylation is 2. The Morgan fingerprint density at radius 1 is 1.09 bits per heavy atom. The lowest BCUT2D eigenvalue weighted by atomic mass is 10.1. The Labute approximate surface area is 129 Å². The Morgan fingerprint density at radius 2 is 1.95 bits per heavy atom. The lowest BCUT2D eigenvalue weighted by molar-refractivity contribution is -0.667. The normalized spacial score (nSPS) is 11.4. The molecule has 4 rings (SSSR count). The number of rotatable bonds is 2. The van der Waals surface area contributed by atoms with Crippen LogP contribution in [0, 0.1) is 6.92 Å². The molecule has 0 spiro atoms. The molecule has 2 heterocycles. The summed E-state index contributed by atoms with van der Waals surface area (Å²) in [5.41, 5.74) is 5.75. The number of fused-ring (bicyclic) bond motifs is 2. The van der Waals surface area contributed by atoms with E-state index in [4.69, 9.17) is 4.98 Å². The summed E-state index contributed by atoms with van der Waals surface area (Å²) >= 11 is 0. The third-order valence-corrected chi connectivity index (χ3v) is 4.16. The van der Waals surface area contributed by atoms with Gasteiger partial charge in [0.15, 0.2) is 6.20 Å². The molecule has 0 fully saturated rings. The van der Waals surface area contributed by atoms with Crippen LogP contribution >= 0.6 is 0 Å². The predicted molar refractivity (Wildman–Crippen MR) is 89.6 cm³/mol. The van der Waals surface area contributed by atoms with Gasteiger partial charge in [0.25, 0.3) is 0 Å². The van der Waals surface area contributed by atoms with Gasteiger partial charge in [-0.05, 0) is 37.6 Å². The highest BCUT2D eigenvalue weighted by Crippen LogP contribution is 2.27. The molecule has 0 amide bonds. The van der Waals surface area contributed by atoms with Crippen molar-refractivity contribution in [3.63, 3.8) is 0 Å². The van der Waals surface area contributed by atoms with E-state index in [9.17, 15) is 0 Å². The first-order valence-electron chi connectivity index (χ1n) is 7.64. The van der Waals surface area contributed by atoms with Crippen LogP contribution in [-0.2, 0) is 6.54 Å². The molecule has 108 valence electrons. The highest BCUT2D eigenvalue weighted by atomic mass is 15.0. The van der Waals surface area contributed by atoms with Crippen molar-refractivity contribution in [3.8, 4) is 11.4 Å². The van der Waals surface area contributed by atoms with Crippen molar-refractivity contribution in [2.75, 3.05) is 0 Å². The quantitative estimate of drug-likeness (QED) is 0.556. The molecule has 4 aromatic rings. The van der Waals surface area contributed by atoms with Crippen LogP contribution in [-0.4, -0.2) is 9.97 Å². The van der Waals surface area contributed by atoms with E-state index in [2.05, 4.69) is 59.9 Å². The molecule has 22 heavy (non-hydrogen) atoms. The summed E-state index contributed by atoms with van der Waals surface area (Å²) < 4.78 is 2.27. The number of H-pyrrole nitrogens is 1. The molecule has 0 saturated carbocycles. The number of nitrogens with one attached hydrogen (secondary N) is 1. The third-order valence-electron chi connectivity index (χ3n) is 4.16. The average molecular weight is 288 g/mol. The van der Waals surface area contributed by atoms with Gasteiger partial charge in [-0.3, -0.25) is 0 Å². The topological polar surface area (TPSA) is 32.6 Å². The van der Waals surface area contributed by atoms with E-state index in [0.29, 0.717) is 0 Å². The van der Waals surface area contributed by atoms with Gasteiger partial charge in [0.1, 0.15) is 12.4 Å². The second-order valence-electron chi connectivity index (χ2n) is 5.64. The van der Waals surface area contributed by atoms with Crippen LogP contribution in [0.5, 0.6) is 0 Å². The van der Waals surface area contributed by atoms with Crippen LogP contribution in [0.4, 0.5) is 0 Å². The minimum Gasteiger partial charge on any atom is -0.338 e. The Bertz CT molecular complexity index is 949. The molecule has 0 saturated heterocycles. The van der Waals surface area contributed by atoms with Crippen molar-refractivity contribution < 1.29 is 4.57 Å². The first kappa shape index (κ1) is 13.0. The van der Waals surface area contributed by atoms with Gasteiger partial charge in [-0.25, -0.2) is 4.98 Å². The minimum atomic E-state index is 0.929. The van der Waals surface area contributed by atoms with Gasteiger partial charge in [-0.15, -0.1) is 0 Å². The maximum atomic E-state index is 4.75. The molecule has 2 aromatic carbocycles. The number of benzene rings is 2. The van der Waals surface area contributed by atoms with Crippen molar-refractivity contribution in [2.24, 2.45) is 0 Å². The van der Waals surface area contributed by atoms with E-state index in [1.807, 2.05) is 18.2 Å². The van der Waals surface area contributed by atoms with Crippen LogP contribution in [0.1, 0.15) is 12.5 Å². The van der Waals surface area contributed by atoms with E-state index in [1.165, 1.54) is 16.5 Å². The van der Waals surface area contributed by atoms with Gasteiger partial charge >= 0.3 is 0 Å². The first-order chi connectivity index (χ1) is 10.8. The van der Waals surface area contributed by atoms with Crippen molar-refractivity contribution in [3.05, 3.63) is 60.3 Å². The Balaban J connectivity index is 2.02. The number of aromatic amines is 1. The van der Waals surface area contributed by atoms with Crippen LogP contribution in [0.3, 0.4) is 0 Å². The van der Waals surface area contributed by atoms with Gasteiger partial charge in [-0.2, -0.15) is 4.57 Å². The van der Waals surface area contributed by atoms with Crippen LogP contribution in [0.2, 0.25) is 0 Å². The van der Waals surface area contributed by atoms with E-state index < -0.39 is 0 Å². The summed E-state index contributed by atoms with van der Waals surface area (Å²) in [6.07, 6.45) is 2.14. The maximum absolute atomic E-state index is 4.75. The molecule has 2 aromatic heterocycles. The number of hydrogen-bond acceptors (Lipinski definition) is 1. The summed E-state index contributed by atoms with van der Waals surface area (Å²) in [6, 6.07) is 16.9. The predicted octanol–water partition coefficient (Wildman–Crippen LogP) is 4.00. The van der Waals surface area contributed by atoms with Gasteiger partial charge < -0.3 is 4.98 Å². The molecule has 0 bridgehead atoms. The summed E-state index contributed by atoms with van der Waals surface area (Å²) in [5, 5.41) is 1.23. The fourth-order valence-corrected chi connectivity index (χ4v) is 3.00. The molecule has 0 unspecified atom stereocenters. The fraction of sp³-hybridized carbons (Fsp3) is 0.158. The zero-order chi connectivity index (χ0) is 15.1. The zero-order valence-electron chi connectivity index (χ0n) is 12.8. The smallest absolute Gasteiger partial charge is 0.213 e. The molecule has 0 aliphatic heterocycles. The summed E-state index contributed by atoms with van der Waals surface area (Å²) in [5.74, 6) is 0.929. The summed E-state index contributed by atoms with van der Waals surface area (Å²) in [6.45, 7) is 5.26. The van der Waals surface area contributed by atoms with E-state index >= 15 is 0 Å². The lowest BCUT2D eigenvalue weighted by Gasteiger charge is -2.05. The molecule has 3 heteroatoms. The Morgan fingerprint density at radius 3 is 2.77 bits per heavy atom. The molecule has 0 aliphatic rings. The average Bonchev–Trinajstić information content (AvgIpc) is 2.97. The van der Waals surface area contributed by atoms with E-state index in [1.54, 1.807) is 0 Å². The maximum Gasteiger partial charge on any atom is 0.213 e. The van der Waals surface area contributed by atoms with E-state index in [-0.39, 0.29) is 0 Å². The SMILES string of the molecule is CC[n+]1ccc(-c2nc3ccccc3[nH]2)c2ccc(C)cc21. The molecular formula is C19H18N3+. The Kier molecular flexibility index (Phi) is 2.93. The largest absolute Gasteiger partial charge is 0.338 e. The Hall–Kier alpha value is -2.68. The van der Waals surface area contributed by atoms with Crippen molar-refractivity contribution in [1.29, 1.82) is 0 Å². The second kappa shape index (κ2) is 4.95. The number of hydrogen-bond donors (Lipinski definition) is 1. The molecule has 0 aliphatic carbocycles. The van der Waals surface area contributed by atoms with Gasteiger partial charge in [0, 0.05) is 17.7 Å². The monoisotopic (exact) mass is 288 g/mol. The van der Waals surface area contributed by atoms with Crippen LogP contribution in [0.15, 0.2) is 54.7 Å². The second-order valence-corrected chi connectivity index (χ2v) is 5.64. The number of nitrogens with zero attached hydrogens (tertiary/aromatic N) is 2. The van der Waals surface area contributed by atoms with Gasteiger partial charge in [-0.1, -0.05) is 18.2 Å². The zero-order valence-corrected chi connectivity index (χ0v) is 12.8. The lowest BCUT2D eigenvalue weighted by Crippen LogP contribution is -2.32. The van der Waals surface area contributed by atoms with Crippen LogP contribution < -0.4 is 4.57 Å². The summed E-state index contributed by atoms with van der Waals surface area (Å²) in [4.78, 5) is 8.18. The van der Waals surface area contributed by atoms with Crippen molar-refractivity contribution in [1.82, 2.24) is 9.97 Å². The molecule has 1 N–H and O–H groups in total. The minimum absolute atomic E-state index is 0.929. The van der Waals surface area contributed by atoms with Gasteiger partial charge in [0.2, 0.25) is 5.52 Å². The number of pyridine rings is 1. The van der Waals surface area contributed by atoms with Gasteiger partial charge in [0.05, 0.1) is 16.4 Å². The number of imidazole rings is 1.